The van der Waals surface area contributed by atoms with Gasteiger partial charge in [-0.05, 0) is 138 Å². The Morgan fingerprint density at radius 1 is 0.0900 bits per heavy atom. The SMILES string of the molecule is CC(=O)[O-].CC(=O)[O-].CC(=O)[O-].CC(=O)[O-].CC(=O)[O-].CC(=O)[O-].CC(=O)[O-].CC(=O)[O-].CC(=O)[O-].CC(=O)[O-].CC(=O)[O-].CC(=O)[O-].CC(=O)[O-].CC(=O)[O-].CC(=O)[O-].CC(=O)[O-].CC(=O)[O-].CC(=O)[O-].CC(=O)[O-].CC(=O)[O-].[Na+].[Na+].[Na+].[Na+].[Na+].[Na+].[Na+].[Na+].[Na+].[Na+].[Na+].[Na+].[Na+].[Na+].[Na+].[Na+].[Na+].[Na+].[Na+].[Na+]. The van der Waals surface area contributed by atoms with Crippen molar-refractivity contribution in [3.8, 4) is 0 Å². The predicted octanol–water partition coefficient (Wildman–Crippen LogP) is -84.8. The van der Waals surface area contributed by atoms with Crippen molar-refractivity contribution < 1.29 is 789 Å². The molecule has 0 heterocycles. The number of carboxylic acid groups (broad SMARTS) is 20. The standard InChI is InChI=1S/20C2H4O2.20Na/c20*1-2(3)4;;;;;;;;;;;;;;;;;;;;/h20*1H3,(H,3,4);;;;;;;;;;;;;;;;;;;;/q;;;;;;;;;;;;;;;;;;;;20*+1/p-20. The Kier molecular flexibility index (Phi) is 693. The van der Waals surface area contributed by atoms with Crippen LogP contribution in [0.3, 0.4) is 0 Å². The summed E-state index contributed by atoms with van der Waals surface area (Å²) < 4.78 is 0. The molecule has 60 heteroatoms. The Balaban J connectivity index is -0.00000000987. The third-order valence-electron chi connectivity index (χ3n) is 0. The molecule has 0 rings (SSSR count). The second-order valence-corrected chi connectivity index (χ2v) is 9.83. The van der Waals surface area contributed by atoms with Crippen LogP contribution in [0.2, 0.25) is 0 Å². The minimum Gasteiger partial charge on any atom is -0.550 e. The van der Waals surface area contributed by atoms with E-state index in [-0.39, 0.29) is 591 Å². The number of carboxylic acids is 20. The van der Waals surface area contributed by atoms with Crippen LogP contribution in [0.4, 0.5) is 0 Å². The van der Waals surface area contributed by atoms with Crippen LogP contribution in [0.15, 0.2) is 0 Å². The molecule has 0 amide bonds. The molecule has 0 aromatic carbocycles. The molecule has 0 atom stereocenters. The first-order valence-electron chi connectivity index (χ1n) is 18.2. The molecular formula is C40H60Na20O40. The summed E-state index contributed by atoms with van der Waals surface area (Å²) in [5, 5.41) is 178. The van der Waals surface area contributed by atoms with Crippen molar-refractivity contribution in [3.63, 3.8) is 0 Å². The van der Waals surface area contributed by atoms with Crippen LogP contribution in [0.5, 0.6) is 0 Å². The molecule has 0 aromatic heterocycles. The van der Waals surface area contributed by atoms with Crippen molar-refractivity contribution in [1.82, 2.24) is 0 Å². The van der Waals surface area contributed by atoms with Gasteiger partial charge < -0.3 is 198 Å². The molecule has 0 saturated heterocycles. The van der Waals surface area contributed by atoms with Crippen LogP contribution < -0.4 is 693 Å². The van der Waals surface area contributed by atoms with Gasteiger partial charge in [0.25, 0.3) is 0 Å². The third kappa shape index (κ3) is 13800. The van der Waals surface area contributed by atoms with Gasteiger partial charge in [0, 0.05) is 119 Å². The molecule has 0 aliphatic heterocycles. The molecule has 0 fully saturated rings. The molecule has 0 bridgehead atoms. The Morgan fingerprint density at radius 2 is 0.0900 bits per heavy atom. The summed E-state index contributed by atoms with van der Waals surface area (Å²) in [6.07, 6.45) is 0. The zero-order chi connectivity index (χ0) is 71.5. The third-order valence-corrected chi connectivity index (χ3v) is 0. The molecule has 40 nitrogen and oxygen atoms in total. The molecule has 0 aliphatic rings. The van der Waals surface area contributed by atoms with E-state index in [0.717, 1.165) is 138 Å². The second-order valence-electron chi connectivity index (χ2n) is 9.83. The van der Waals surface area contributed by atoms with Crippen molar-refractivity contribution in [3.05, 3.63) is 0 Å². The van der Waals surface area contributed by atoms with E-state index < -0.39 is 119 Å². The topological polar surface area (TPSA) is 803 Å². The van der Waals surface area contributed by atoms with Crippen molar-refractivity contribution >= 4 is 119 Å². The van der Waals surface area contributed by atoms with Crippen molar-refractivity contribution in [1.29, 1.82) is 0 Å². The van der Waals surface area contributed by atoms with Crippen LogP contribution in [-0.4, -0.2) is 119 Å². The number of carbonyl (C=O) groups excluding carboxylic acids is 20. The van der Waals surface area contributed by atoms with Gasteiger partial charge in [-0.2, -0.15) is 0 Å². The first kappa shape index (κ1) is 267. The van der Waals surface area contributed by atoms with Gasteiger partial charge in [0.2, 0.25) is 0 Å². The molecule has 480 valence electrons. The second kappa shape index (κ2) is 260. The number of hydrogen-bond acceptors (Lipinski definition) is 40. The van der Waals surface area contributed by atoms with E-state index in [2.05, 4.69) is 0 Å². The van der Waals surface area contributed by atoms with Gasteiger partial charge >= 0.3 is 591 Å². The molecule has 0 aliphatic carbocycles. The summed E-state index contributed by atoms with van der Waals surface area (Å²) in [5.41, 5.74) is 0. The summed E-state index contributed by atoms with van der Waals surface area (Å²) in [6, 6.07) is 0. The Bertz CT molecular complexity index is 1130. The van der Waals surface area contributed by atoms with Crippen molar-refractivity contribution in [2.24, 2.45) is 0 Å². The van der Waals surface area contributed by atoms with Crippen LogP contribution in [-0.2, 0) is 95.9 Å². The van der Waals surface area contributed by atoms with Crippen molar-refractivity contribution in [2.75, 3.05) is 0 Å². The first-order valence-corrected chi connectivity index (χ1v) is 18.2. The van der Waals surface area contributed by atoms with E-state index >= 15 is 0 Å². The molecule has 0 aromatic rings. The minimum absolute atomic E-state index is 0. The average Bonchev–Trinajstić information content (AvgIpc) is 2.99. The van der Waals surface area contributed by atoms with Gasteiger partial charge in [-0.3, -0.25) is 0 Å². The predicted molar refractivity (Wildman–Crippen MR) is 214 cm³/mol. The minimum atomic E-state index is -1.08. The monoisotopic (exact) mass is 1640 g/mol. The van der Waals surface area contributed by atoms with Crippen LogP contribution in [0.25, 0.3) is 0 Å². The van der Waals surface area contributed by atoms with E-state index in [9.17, 15) is 0 Å². The maximum absolute atomic E-state index is 8.89. The molecule has 0 radical (unpaired) electrons. The fourth-order valence-corrected chi connectivity index (χ4v) is 0. The van der Waals surface area contributed by atoms with E-state index in [1.165, 1.54) is 0 Å². The zero-order valence-corrected chi connectivity index (χ0v) is 106. The van der Waals surface area contributed by atoms with Crippen LogP contribution >= 0.6 is 0 Å². The van der Waals surface area contributed by atoms with E-state index in [1.807, 2.05) is 0 Å². The number of hydrogen-bond donors (Lipinski definition) is 0. The number of rotatable bonds is 0. The molecule has 0 spiro atoms. The van der Waals surface area contributed by atoms with E-state index in [1.54, 1.807) is 0 Å². The maximum Gasteiger partial charge on any atom is 1.00 e. The van der Waals surface area contributed by atoms with Gasteiger partial charge in [0.05, 0.1) is 0 Å². The number of carbonyl (C=O) groups is 20. The van der Waals surface area contributed by atoms with Gasteiger partial charge in [-0.25, -0.2) is 0 Å². The van der Waals surface area contributed by atoms with Crippen molar-refractivity contribution in [2.45, 2.75) is 138 Å². The van der Waals surface area contributed by atoms with E-state index in [4.69, 9.17) is 198 Å². The summed E-state index contributed by atoms with van der Waals surface area (Å²) in [6.45, 7) is 19.4. The van der Waals surface area contributed by atoms with Gasteiger partial charge in [0.15, 0.2) is 0 Å². The first-order chi connectivity index (χ1) is 34.6. The average molecular weight is 1640 g/mol. The van der Waals surface area contributed by atoms with Crippen LogP contribution in [0.1, 0.15) is 138 Å². The quantitative estimate of drug-likeness (QED) is 0.203. The summed E-state index contributed by atoms with van der Waals surface area (Å²) in [5.74, 6) is -21.7. The summed E-state index contributed by atoms with van der Waals surface area (Å²) >= 11 is 0. The summed E-state index contributed by atoms with van der Waals surface area (Å²) in [7, 11) is 0. The zero-order valence-electron chi connectivity index (χ0n) is 66.3. The maximum atomic E-state index is 8.89. The Labute approximate surface area is 1020 Å². The van der Waals surface area contributed by atoms with Gasteiger partial charge in [-0.1, -0.05) is 0 Å². The smallest absolute Gasteiger partial charge is 0.550 e. The molecule has 0 saturated carbocycles. The molecular weight excluding hydrogens is 1580 g/mol. The fourth-order valence-electron chi connectivity index (χ4n) is 0. The summed E-state index contributed by atoms with van der Waals surface area (Å²) in [4.78, 5) is 178. The Morgan fingerprint density at radius 3 is 0.0900 bits per heavy atom. The molecule has 100 heavy (non-hydrogen) atoms. The number of aliphatic carboxylic acids is 20. The Hall–Kier alpha value is 9.40. The molecule has 0 unspecified atom stereocenters. The van der Waals surface area contributed by atoms with Gasteiger partial charge in [0.1, 0.15) is 0 Å². The van der Waals surface area contributed by atoms with Crippen LogP contribution in [0, 0.1) is 0 Å². The largest absolute Gasteiger partial charge is 1.00 e. The van der Waals surface area contributed by atoms with E-state index in [0.29, 0.717) is 0 Å². The molecule has 0 N–H and O–H groups in total. The fraction of sp³-hybridized carbons (Fsp3) is 0.500. The normalized spacial score (nSPS) is 5.00. The van der Waals surface area contributed by atoms with Gasteiger partial charge in [-0.15, -0.1) is 0 Å².